The zero-order chi connectivity index (χ0) is 14.7. The van der Waals surface area contributed by atoms with Gasteiger partial charge in [-0.25, -0.2) is 4.98 Å². The van der Waals surface area contributed by atoms with Gasteiger partial charge in [0.1, 0.15) is 0 Å². The maximum Gasteiger partial charge on any atom is 0.243 e. The average molecular weight is 322 g/mol. The smallest absolute Gasteiger partial charge is 0.243 e. The first-order valence-corrected chi connectivity index (χ1v) is 8.14. The van der Waals surface area contributed by atoms with E-state index in [4.69, 9.17) is 11.6 Å². The average Bonchev–Trinajstić information content (AvgIpc) is 3.13. The third kappa shape index (κ3) is 3.61. The molecule has 3 rings (SSSR count). The molecule has 4 nitrogen and oxygen atoms in total. The second-order valence-corrected chi connectivity index (χ2v) is 6.56. The fraction of sp³-hybridized carbons (Fsp3) is 0.333. The molecule has 1 aliphatic rings. The van der Waals surface area contributed by atoms with Gasteiger partial charge in [0.25, 0.3) is 0 Å². The molecule has 2 aromatic rings. The number of aromatic nitrogens is 1. The standard InChI is InChI=1S/C15H16ClN3OS/c16-12-5-2-1-4-10(12)8-11-9-18-15(21-11)19-14(20)13-6-3-7-17-13/h1-2,4-5,9,13,17H,3,6-8H2,(H,18,19,20). The Morgan fingerprint density at radius 1 is 1.48 bits per heavy atom. The highest BCUT2D eigenvalue weighted by atomic mass is 35.5. The first-order chi connectivity index (χ1) is 10.2. The Morgan fingerprint density at radius 3 is 3.10 bits per heavy atom. The number of halogens is 1. The molecule has 0 bridgehead atoms. The number of hydrogen-bond acceptors (Lipinski definition) is 4. The monoisotopic (exact) mass is 321 g/mol. The van der Waals surface area contributed by atoms with Gasteiger partial charge < -0.3 is 10.6 Å². The molecule has 2 heterocycles. The molecular formula is C15H16ClN3OS. The van der Waals surface area contributed by atoms with Crippen molar-refractivity contribution >= 4 is 34.0 Å². The van der Waals surface area contributed by atoms with Crippen LogP contribution in [0.15, 0.2) is 30.5 Å². The van der Waals surface area contributed by atoms with Crippen LogP contribution in [-0.2, 0) is 11.2 Å². The number of benzene rings is 1. The van der Waals surface area contributed by atoms with Gasteiger partial charge in [-0.15, -0.1) is 11.3 Å². The number of carbonyl (C=O) groups excluding carboxylic acids is 1. The van der Waals surface area contributed by atoms with Gasteiger partial charge in [0.2, 0.25) is 5.91 Å². The van der Waals surface area contributed by atoms with E-state index in [-0.39, 0.29) is 11.9 Å². The van der Waals surface area contributed by atoms with E-state index >= 15 is 0 Å². The van der Waals surface area contributed by atoms with Gasteiger partial charge in [-0.2, -0.15) is 0 Å². The summed E-state index contributed by atoms with van der Waals surface area (Å²) in [7, 11) is 0. The third-order valence-electron chi connectivity index (χ3n) is 3.48. The maximum absolute atomic E-state index is 12.0. The minimum atomic E-state index is -0.0825. The first kappa shape index (κ1) is 14.5. The molecule has 0 spiro atoms. The minimum Gasteiger partial charge on any atom is -0.306 e. The second-order valence-electron chi connectivity index (χ2n) is 5.04. The summed E-state index contributed by atoms with van der Waals surface area (Å²) < 4.78 is 0. The first-order valence-electron chi connectivity index (χ1n) is 6.95. The molecular weight excluding hydrogens is 306 g/mol. The Balaban J connectivity index is 1.63. The van der Waals surface area contributed by atoms with Crippen molar-refractivity contribution in [1.29, 1.82) is 0 Å². The molecule has 1 saturated heterocycles. The van der Waals surface area contributed by atoms with Crippen LogP contribution in [0.4, 0.5) is 5.13 Å². The fourth-order valence-corrected chi connectivity index (χ4v) is 3.42. The Hall–Kier alpha value is -1.43. The van der Waals surface area contributed by atoms with Crippen molar-refractivity contribution < 1.29 is 4.79 Å². The molecule has 0 aliphatic carbocycles. The lowest BCUT2D eigenvalue weighted by Crippen LogP contribution is -2.35. The van der Waals surface area contributed by atoms with Gasteiger partial charge in [0, 0.05) is 22.5 Å². The normalized spacial score (nSPS) is 17.9. The predicted octanol–water partition coefficient (Wildman–Crippen LogP) is 3.08. The molecule has 2 N–H and O–H groups in total. The Bertz CT molecular complexity index is 637. The van der Waals surface area contributed by atoms with Gasteiger partial charge >= 0.3 is 0 Å². The number of amides is 1. The molecule has 110 valence electrons. The number of anilines is 1. The molecule has 21 heavy (non-hydrogen) atoms. The summed E-state index contributed by atoms with van der Waals surface area (Å²) in [5.74, 6) is 0.00569. The molecule has 1 atom stereocenters. The van der Waals surface area contributed by atoms with E-state index < -0.39 is 0 Å². The number of nitrogens with one attached hydrogen (secondary N) is 2. The zero-order valence-corrected chi connectivity index (χ0v) is 13.0. The maximum atomic E-state index is 12.0. The van der Waals surface area contributed by atoms with Crippen LogP contribution < -0.4 is 10.6 Å². The highest BCUT2D eigenvalue weighted by Gasteiger charge is 2.22. The molecule has 1 aliphatic heterocycles. The second kappa shape index (κ2) is 6.56. The van der Waals surface area contributed by atoms with E-state index in [2.05, 4.69) is 15.6 Å². The molecule has 0 radical (unpaired) electrons. The molecule has 0 saturated carbocycles. The van der Waals surface area contributed by atoms with Crippen LogP contribution in [0.25, 0.3) is 0 Å². The lowest BCUT2D eigenvalue weighted by Gasteiger charge is -2.08. The highest BCUT2D eigenvalue weighted by Crippen LogP contribution is 2.25. The summed E-state index contributed by atoms with van der Waals surface area (Å²) in [6.07, 6.45) is 4.47. The van der Waals surface area contributed by atoms with Crippen LogP contribution in [0.3, 0.4) is 0 Å². The van der Waals surface area contributed by atoms with Crippen molar-refractivity contribution in [2.45, 2.75) is 25.3 Å². The lowest BCUT2D eigenvalue weighted by molar-refractivity contribution is -0.117. The van der Waals surface area contributed by atoms with Crippen LogP contribution in [0.1, 0.15) is 23.3 Å². The summed E-state index contributed by atoms with van der Waals surface area (Å²) in [6, 6.07) is 7.69. The van der Waals surface area contributed by atoms with Crippen molar-refractivity contribution in [2.24, 2.45) is 0 Å². The number of nitrogens with zero attached hydrogens (tertiary/aromatic N) is 1. The number of hydrogen-bond donors (Lipinski definition) is 2. The minimum absolute atomic E-state index is 0.00569. The predicted molar refractivity (Wildman–Crippen MR) is 86.0 cm³/mol. The van der Waals surface area contributed by atoms with E-state index in [0.29, 0.717) is 5.13 Å². The van der Waals surface area contributed by atoms with Crippen molar-refractivity contribution in [2.75, 3.05) is 11.9 Å². The highest BCUT2D eigenvalue weighted by molar-refractivity contribution is 7.15. The zero-order valence-electron chi connectivity index (χ0n) is 11.4. The molecule has 6 heteroatoms. The Kier molecular flexibility index (Phi) is 4.53. The molecule has 1 aromatic heterocycles. The van der Waals surface area contributed by atoms with E-state index in [0.717, 1.165) is 41.3 Å². The van der Waals surface area contributed by atoms with Gasteiger partial charge in [-0.3, -0.25) is 4.79 Å². The number of rotatable bonds is 4. The van der Waals surface area contributed by atoms with Crippen molar-refractivity contribution in [1.82, 2.24) is 10.3 Å². The van der Waals surface area contributed by atoms with Crippen molar-refractivity contribution in [3.8, 4) is 0 Å². The summed E-state index contributed by atoms with van der Waals surface area (Å²) >= 11 is 7.65. The molecule has 1 aromatic carbocycles. The van der Waals surface area contributed by atoms with Crippen LogP contribution >= 0.6 is 22.9 Å². The van der Waals surface area contributed by atoms with Crippen molar-refractivity contribution in [3.63, 3.8) is 0 Å². The summed E-state index contributed by atoms with van der Waals surface area (Å²) in [5, 5.41) is 7.46. The van der Waals surface area contributed by atoms with Crippen molar-refractivity contribution in [3.05, 3.63) is 45.9 Å². The quantitative estimate of drug-likeness (QED) is 0.910. The lowest BCUT2D eigenvalue weighted by atomic mass is 10.1. The van der Waals surface area contributed by atoms with Gasteiger partial charge in [-0.1, -0.05) is 29.8 Å². The molecule has 1 amide bonds. The van der Waals surface area contributed by atoms with Gasteiger partial charge in [0.15, 0.2) is 5.13 Å². The van der Waals surface area contributed by atoms with E-state index in [9.17, 15) is 4.79 Å². The summed E-state index contributed by atoms with van der Waals surface area (Å²) in [5.41, 5.74) is 1.07. The Morgan fingerprint density at radius 2 is 2.33 bits per heavy atom. The SMILES string of the molecule is O=C(Nc1ncc(Cc2ccccc2Cl)s1)C1CCCN1. The van der Waals surface area contributed by atoms with Crippen LogP contribution in [0.2, 0.25) is 5.02 Å². The van der Waals surface area contributed by atoms with Crippen LogP contribution in [0.5, 0.6) is 0 Å². The largest absolute Gasteiger partial charge is 0.306 e. The van der Waals surface area contributed by atoms with E-state index in [1.54, 1.807) is 6.20 Å². The van der Waals surface area contributed by atoms with Crippen LogP contribution in [-0.4, -0.2) is 23.5 Å². The number of thiazole rings is 1. The van der Waals surface area contributed by atoms with Gasteiger partial charge in [0.05, 0.1) is 6.04 Å². The van der Waals surface area contributed by atoms with E-state index in [1.807, 2.05) is 24.3 Å². The summed E-state index contributed by atoms with van der Waals surface area (Å²) in [6.45, 7) is 0.910. The number of carbonyl (C=O) groups is 1. The van der Waals surface area contributed by atoms with E-state index in [1.165, 1.54) is 11.3 Å². The topological polar surface area (TPSA) is 54.0 Å². The molecule has 1 fully saturated rings. The fourth-order valence-electron chi connectivity index (χ4n) is 2.38. The molecule has 1 unspecified atom stereocenters. The Labute approximate surface area is 132 Å². The summed E-state index contributed by atoms with van der Waals surface area (Å²) in [4.78, 5) is 17.4. The van der Waals surface area contributed by atoms with Gasteiger partial charge in [-0.05, 0) is 31.0 Å². The van der Waals surface area contributed by atoms with Crippen LogP contribution in [0, 0.1) is 0 Å². The third-order valence-corrected chi connectivity index (χ3v) is 4.76.